The fourth-order valence-corrected chi connectivity index (χ4v) is 3.35. The first-order valence-electron chi connectivity index (χ1n) is 9.05. The number of piperidine rings is 1. The summed E-state index contributed by atoms with van der Waals surface area (Å²) in [6.45, 7) is 7.13. The number of amides is 1. The average molecular weight is 338 g/mol. The topological polar surface area (TPSA) is 58.1 Å². The minimum Gasteiger partial charge on any atom is -0.340 e. The summed E-state index contributed by atoms with van der Waals surface area (Å²) in [6.07, 6.45) is 5.81. The molecular formula is C20H26N4O. The number of rotatable bonds is 4. The number of aryl methyl sites for hydroxylation is 2. The zero-order valence-corrected chi connectivity index (χ0v) is 15.2. The molecule has 0 bridgehead atoms. The first-order chi connectivity index (χ1) is 12.1. The van der Waals surface area contributed by atoms with Crippen LogP contribution in [0.3, 0.4) is 0 Å². The summed E-state index contributed by atoms with van der Waals surface area (Å²) in [5, 5.41) is 3.27. The number of anilines is 2. The highest BCUT2D eigenvalue weighted by molar-refractivity contribution is 5.93. The van der Waals surface area contributed by atoms with Crippen LogP contribution in [-0.4, -0.2) is 33.4 Å². The molecule has 1 aliphatic heterocycles. The van der Waals surface area contributed by atoms with Gasteiger partial charge in [0.25, 0.3) is 5.91 Å². The SMILES string of the molecule is CCC1CCCCN1C(=O)c1cc(Nc2ccc(C)c(C)c2)ncn1. The third-order valence-corrected chi connectivity index (χ3v) is 5.02. The van der Waals surface area contributed by atoms with Crippen molar-refractivity contribution >= 4 is 17.4 Å². The Morgan fingerprint density at radius 1 is 1.20 bits per heavy atom. The number of benzene rings is 1. The Labute approximate surface area is 149 Å². The number of aromatic nitrogens is 2. The third-order valence-electron chi connectivity index (χ3n) is 5.02. The number of carbonyl (C=O) groups is 1. The van der Waals surface area contributed by atoms with Crippen molar-refractivity contribution < 1.29 is 4.79 Å². The first kappa shape index (κ1) is 17.4. The van der Waals surface area contributed by atoms with Gasteiger partial charge < -0.3 is 10.2 Å². The second-order valence-electron chi connectivity index (χ2n) is 6.77. The molecule has 0 radical (unpaired) electrons. The van der Waals surface area contributed by atoms with Gasteiger partial charge in [-0.1, -0.05) is 13.0 Å². The van der Waals surface area contributed by atoms with Gasteiger partial charge in [0.15, 0.2) is 0 Å². The van der Waals surface area contributed by atoms with Crippen molar-refractivity contribution in [1.29, 1.82) is 0 Å². The molecule has 1 unspecified atom stereocenters. The average Bonchev–Trinajstić information content (AvgIpc) is 2.64. The molecule has 5 heteroatoms. The highest BCUT2D eigenvalue weighted by Crippen LogP contribution is 2.23. The van der Waals surface area contributed by atoms with Gasteiger partial charge in [0.05, 0.1) is 0 Å². The van der Waals surface area contributed by atoms with Crippen LogP contribution in [0.1, 0.15) is 54.2 Å². The lowest BCUT2D eigenvalue weighted by Crippen LogP contribution is -2.43. The summed E-state index contributed by atoms with van der Waals surface area (Å²) in [5.41, 5.74) is 3.89. The van der Waals surface area contributed by atoms with E-state index in [1.54, 1.807) is 6.07 Å². The number of hydrogen-bond acceptors (Lipinski definition) is 4. The molecule has 1 atom stereocenters. The molecule has 1 N–H and O–H groups in total. The Hall–Kier alpha value is -2.43. The van der Waals surface area contributed by atoms with Crippen molar-refractivity contribution in [1.82, 2.24) is 14.9 Å². The van der Waals surface area contributed by atoms with Crippen molar-refractivity contribution in [3.05, 3.63) is 47.4 Å². The van der Waals surface area contributed by atoms with E-state index >= 15 is 0 Å². The van der Waals surface area contributed by atoms with Gasteiger partial charge in [-0.2, -0.15) is 0 Å². The summed E-state index contributed by atoms with van der Waals surface area (Å²) >= 11 is 0. The summed E-state index contributed by atoms with van der Waals surface area (Å²) in [4.78, 5) is 23.3. The summed E-state index contributed by atoms with van der Waals surface area (Å²) < 4.78 is 0. The molecule has 25 heavy (non-hydrogen) atoms. The van der Waals surface area contributed by atoms with Crippen LogP contribution in [0.5, 0.6) is 0 Å². The van der Waals surface area contributed by atoms with Crippen molar-refractivity contribution in [2.75, 3.05) is 11.9 Å². The Kier molecular flexibility index (Phi) is 5.31. The summed E-state index contributed by atoms with van der Waals surface area (Å²) in [5.74, 6) is 0.656. The van der Waals surface area contributed by atoms with Gasteiger partial charge in [-0.15, -0.1) is 0 Å². The highest BCUT2D eigenvalue weighted by Gasteiger charge is 2.27. The van der Waals surface area contributed by atoms with Crippen LogP contribution in [0, 0.1) is 13.8 Å². The number of likely N-dealkylation sites (tertiary alicyclic amines) is 1. The van der Waals surface area contributed by atoms with E-state index in [4.69, 9.17) is 0 Å². The number of nitrogens with one attached hydrogen (secondary N) is 1. The van der Waals surface area contributed by atoms with Crippen LogP contribution in [0.15, 0.2) is 30.6 Å². The van der Waals surface area contributed by atoms with E-state index in [1.165, 1.54) is 23.9 Å². The molecule has 3 rings (SSSR count). The first-order valence-corrected chi connectivity index (χ1v) is 9.05. The second-order valence-corrected chi connectivity index (χ2v) is 6.77. The Balaban J connectivity index is 1.78. The molecule has 1 aromatic carbocycles. The number of carbonyl (C=O) groups excluding carboxylic acids is 1. The largest absolute Gasteiger partial charge is 0.340 e. The smallest absolute Gasteiger partial charge is 0.272 e. The van der Waals surface area contributed by atoms with Crippen LogP contribution in [0.4, 0.5) is 11.5 Å². The van der Waals surface area contributed by atoms with Crippen molar-refractivity contribution in [2.45, 2.75) is 52.5 Å². The molecule has 1 amide bonds. The van der Waals surface area contributed by atoms with Crippen LogP contribution < -0.4 is 5.32 Å². The number of hydrogen-bond donors (Lipinski definition) is 1. The zero-order valence-electron chi connectivity index (χ0n) is 15.2. The fraction of sp³-hybridized carbons (Fsp3) is 0.450. The molecular weight excluding hydrogens is 312 g/mol. The van der Waals surface area contributed by atoms with Crippen LogP contribution >= 0.6 is 0 Å². The monoisotopic (exact) mass is 338 g/mol. The van der Waals surface area contributed by atoms with Gasteiger partial charge in [0.2, 0.25) is 0 Å². The van der Waals surface area contributed by atoms with E-state index in [9.17, 15) is 4.79 Å². The van der Waals surface area contributed by atoms with Gasteiger partial charge in [-0.3, -0.25) is 4.79 Å². The predicted octanol–water partition coefficient (Wildman–Crippen LogP) is 4.24. The van der Waals surface area contributed by atoms with E-state index in [0.717, 1.165) is 31.5 Å². The third kappa shape index (κ3) is 3.98. The Morgan fingerprint density at radius 2 is 2.04 bits per heavy atom. The Bertz CT molecular complexity index is 759. The second kappa shape index (κ2) is 7.64. The Morgan fingerprint density at radius 3 is 2.80 bits per heavy atom. The highest BCUT2D eigenvalue weighted by atomic mass is 16.2. The lowest BCUT2D eigenvalue weighted by molar-refractivity contribution is 0.0602. The van der Waals surface area contributed by atoms with Gasteiger partial charge in [-0.05, 0) is 62.8 Å². The van der Waals surface area contributed by atoms with E-state index in [-0.39, 0.29) is 5.91 Å². The van der Waals surface area contributed by atoms with Crippen LogP contribution in [0.25, 0.3) is 0 Å². The van der Waals surface area contributed by atoms with E-state index in [2.05, 4.69) is 48.2 Å². The van der Waals surface area contributed by atoms with Gasteiger partial charge in [0.1, 0.15) is 17.8 Å². The number of nitrogens with zero attached hydrogens (tertiary/aromatic N) is 3. The molecule has 2 aromatic rings. The van der Waals surface area contributed by atoms with Crippen molar-refractivity contribution in [2.24, 2.45) is 0 Å². The molecule has 0 aliphatic carbocycles. The molecule has 1 aromatic heterocycles. The maximum absolute atomic E-state index is 12.9. The van der Waals surface area contributed by atoms with Crippen LogP contribution in [0.2, 0.25) is 0 Å². The molecule has 5 nitrogen and oxygen atoms in total. The van der Waals surface area contributed by atoms with E-state index < -0.39 is 0 Å². The van der Waals surface area contributed by atoms with E-state index in [0.29, 0.717) is 17.6 Å². The van der Waals surface area contributed by atoms with Crippen molar-refractivity contribution in [3.8, 4) is 0 Å². The fourth-order valence-electron chi connectivity index (χ4n) is 3.35. The maximum Gasteiger partial charge on any atom is 0.272 e. The zero-order chi connectivity index (χ0) is 17.8. The maximum atomic E-state index is 12.9. The molecule has 0 spiro atoms. The van der Waals surface area contributed by atoms with Crippen LogP contribution in [-0.2, 0) is 0 Å². The summed E-state index contributed by atoms with van der Waals surface area (Å²) in [6, 6.07) is 8.25. The van der Waals surface area contributed by atoms with E-state index in [1.807, 2.05) is 11.0 Å². The standard InChI is InChI=1S/C20H26N4O/c1-4-17-7-5-6-10-24(17)20(25)18-12-19(22-13-21-18)23-16-9-8-14(2)15(3)11-16/h8-9,11-13,17H,4-7,10H2,1-3H3,(H,21,22,23). The minimum atomic E-state index is 0.0112. The quantitative estimate of drug-likeness (QED) is 0.906. The van der Waals surface area contributed by atoms with Gasteiger partial charge >= 0.3 is 0 Å². The molecule has 1 fully saturated rings. The summed E-state index contributed by atoms with van der Waals surface area (Å²) in [7, 11) is 0. The molecule has 2 heterocycles. The van der Waals surface area contributed by atoms with Gasteiger partial charge in [-0.25, -0.2) is 9.97 Å². The molecule has 1 aliphatic rings. The molecule has 1 saturated heterocycles. The lowest BCUT2D eigenvalue weighted by atomic mass is 9.99. The molecule has 132 valence electrons. The minimum absolute atomic E-state index is 0.0112. The lowest BCUT2D eigenvalue weighted by Gasteiger charge is -2.35. The van der Waals surface area contributed by atoms with Crippen molar-refractivity contribution in [3.63, 3.8) is 0 Å². The normalized spacial score (nSPS) is 17.4. The van der Waals surface area contributed by atoms with Gasteiger partial charge in [0, 0.05) is 24.3 Å². The molecule has 0 saturated carbocycles. The predicted molar refractivity (Wildman–Crippen MR) is 100 cm³/mol.